The summed E-state index contributed by atoms with van der Waals surface area (Å²) in [7, 11) is 1.64. The number of nitrogens with one attached hydrogen (secondary N) is 1. The fraction of sp³-hybridized carbons (Fsp3) is 0.391. The Balaban J connectivity index is 1.55. The molecule has 2 heterocycles. The van der Waals surface area contributed by atoms with E-state index in [4.69, 9.17) is 21.6 Å². The van der Waals surface area contributed by atoms with E-state index in [2.05, 4.69) is 26.2 Å². The van der Waals surface area contributed by atoms with Crippen LogP contribution < -0.4 is 15.8 Å². The van der Waals surface area contributed by atoms with Crippen molar-refractivity contribution < 1.29 is 18.7 Å². The number of nitrogens with zero attached hydrogens (tertiary/aromatic N) is 3. The highest BCUT2D eigenvalue weighted by Gasteiger charge is 2.66. The number of fused-ring (bicyclic) bond motifs is 1. The molecule has 1 aromatic heterocycles. The van der Waals surface area contributed by atoms with Gasteiger partial charge in [-0.05, 0) is 38.5 Å². The summed E-state index contributed by atoms with van der Waals surface area (Å²) >= 11 is 1.48. The van der Waals surface area contributed by atoms with Gasteiger partial charge in [0.1, 0.15) is 11.5 Å². The molecule has 1 unspecified atom stereocenters. The average molecular weight is 470 g/mol. The molecule has 2 aliphatic rings. The number of anilines is 1. The van der Waals surface area contributed by atoms with Crippen molar-refractivity contribution in [3.8, 4) is 18.2 Å². The van der Waals surface area contributed by atoms with Gasteiger partial charge >= 0.3 is 0 Å². The standard InChI is InChI=1S/C23H24FN5O3S/c1-5-13(2)32-19-11-26-17(10-27-19)20(30)28-14-6-7-16(24)15(8-14)22(3)18-9-23(18,12-31-4)33-21(25)29-22/h1,6-8,10-11,13,18H,9,12H2,2-4H3,(H2,25,29)(H,28,30)/t13-,18?,22-,23-/m1/s1. The van der Waals surface area contributed by atoms with E-state index in [1.807, 2.05) is 6.92 Å². The number of methoxy groups -OCH3 is 1. The Morgan fingerprint density at radius 1 is 1.45 bits per heavy atom. The number of terminal acetylenes is 1. The summed E-state index contributed by atoms with van der Waals surface area (Å²) in [5.41, 5.74) is 6.08. The number of aliphatic imine (C=N–C) groups is 1. The van der Waals surface area contributed by atoms with Crippen LogP contribution in [-0.2, 0) is 10.3 Å². The molecule has 172 valence electrons. The van der Waals surface area contributed by atoms with Gasteiger partial charge in [-0.1, -0.05) is 17.7 Å². The van der Waals surface area contributed by atoms with Gasteiger partial charge in [-0.3, -0.25) is 9.79 Å². The van der Waals surface area contributed by atoms with E-state index in [1.165, 1.54) is 36.3 Å². The molecule has 33 heavy (non-hydrogen) atoms. The van der Waals surface area contributed by atoms with Crippen LogP contribution in [0, 0.1) is 24.1 Å². The molecule has 4 rings (SSSR count). The van der Waals surface area contributed by atoms with Gasteiger partial charge in [0.15, 0.2) is 11.3 Å². The average Bonchev–Trinajstić information content (AvgIpc) is 3.50. The van der Waals surface area contributed by atoms with E-state index in [-0.39, 0.29) is 22.2 Å². The third kappa shape index (κ3) is 4.38. The van der Waals surface area contributed by atoms with E-state index in [1.54, 1.807) is 20.1 Å². The number of ether oxygens (including phenoxy) is 2. The van der Waals surface area contributed by atoms with Crippen LogP contribution >= 0.6 is 11.8 Å². The number of aromatic nitrogens is 2. The Labute approximate surface area is 195 Å². The van der Waals surface area contributed by atoms with Crippen LogP contribution in [0.25, 0.3) is 0 Å². The molecule has 0 spiro atoms. The number of amidine groups is 1. The smallest absolute Gasteiger partial charge is 0.275 e. The zero-order valence-electron chi connectivity index (χ0n) is 18.5. The highest BCUT2D eigenvalue weighted by atomic mass is 32.2. The molecule has 1 saturated carbocycles. The predicted molar refractivity (Wildman–Crippen MR) is 125 cm³/mol. The van der Waals surface area contributed by atoms with Crippen LogP contribution in [0.5, 0.6) is 5.88 Å². The lowest BCUT2D eigenvalue weighted by molar-refractivity contribution is 0.102. The summed E-state index contributed by atoms with van der Waals surface area (Å²) in [6.07, 6.45) is 8.22. The maximum absolute atomic E-state index is 15.0. The first kappa shape index (κ1) is 23.0. The van der Waals surface area contributed by atoms with E-state index in [0.29, 0.717) is 23.0 Å². The van der Waals surface area contributed by atoms with Gasteiger partial charge in [0.05, 0.1) is 29.3 Å². The molecule has 8 nitrogen and oxygen atoms in total. The molecule has 1 fully saturated rings. The minimum atomic E-state index is -0.870. The van der Waals surface area contributed by atoms with Crippen LogP contribution in [0.3, 0.4) is 0 Å². The number of hydrogen-bond donors (Lipinski definition) is 2. The molecule has 10 heteroatoms. The molecule has 0 bridgehead atoms. The largest absolute Gasteiger partial charge is 0.460 e. The molecule has 1 aliphatic carbocycles. The van der Waals surface area contributed by atoms with Gasteiger partial charge in [0.25, 0.3) is 5.91 Å². The normalized spacial score (nSPS) is 26.4. The predicted octanol–water partition coefficient (Wildman–Crippen LogP) is 2.95. The van der Waals surface area contributed by atoms with Crippen molar-refractivity contribution in [3.63, 3.8) is 0 Å². The number of thioether (sulfide) groups is 1. The Hall–Kier alpha value is -3.16. The lowest BCUT2D eigenvalue weighted by Crippen LogP contribution is -2.37. The minimum Gasteiger partial charge on any atom is -0.460 e. The first-order valence-corrected chi connectivity index (χ1v) is 11.1. The van der Waals surface area contributed by atoms with Crippen LogP contribution in [0.2, 0.25) is 0 Å². The number of amides is 1. The fourth-order valence-corrected chi connectivity index (χ4v) is 5.68. The zero-order valence-corrected chi connectivity index (χ0v) is 19.3. The Bertz CT molecular complexity index is 1150. The van der Waals surface area contributed by atoms with Crippen molar-refractivity contribution in [1.82, 2.24) is 9.97 Å². The number of carbonyl (C=O) groups is 1. The monoisotopic (exact) mass is 469 g/mol. The van der Waals surface area contributed by atoms with E-state index in [0.717, 1.165) is 6.42 Å². The number of rotatable bonds is 7. The van der Waals surface area contributed by atoms with E-state index >= 15 is 0 Å². The first-order valence-electron chi connectivity index (χ1n) is 10.3. The second-order valence-electron chi connectivity index (χ2n) is 8.27. The number of hydrogen-bond acceptors (Lipinski definition) is 8. The molecular formula is C23H24FN5O3S. The Morgan fingerprint density at radius 3 is 2.91 bits per heavy atom. The van der Waals surface area contributed by atoms with Crippen molar-refractivity contribution in [2.75, 3.05) is 19.0 Å². The van der Waals surface area contributed by atoms with Gasteiger partial charge in [0.2, 0.25) is 5.88 Å². The topological polar surface area (TPSA) is 112 Å². The van der Waals surface area contributed by atoms with Crippen molar-refractivity contribution >= 4 is 28.5 Å². The van der Waals surface area contributed by atoms with E-state index in [9.17, 15) is 9.18 Å². The summed E-state index contributed by atoms with van der Waals surface area (Å²) in [5.74, 6) is 1.78. The fourth-order valence-electron chi connectivity index (χ4n) is 4.22. The highest BCUT2D eigenvalue weighted by Crippen LogP contribution is 2.66. The summed E-state index contributed by atoms with van der Waals surface area (Å²) in [6, 6.07) is 4.39. The summed E-state index contributed by atoms with van der Waals surface area (Å²) < 4.78 is 25.5. The first-order chi connectivity index (χ1) is 15.7. The third-order valence-electron chi connectivity index (χ3n) is 5.90. The SMILES string of the molecule is C#C[C@@H](C)Oc1cnc(C(=O)Nc2ccc(F)c([C@@]3(C)N=C(N)S[C@@]4(COC)CC43)c2)cn1. The van der Waals surface area contributed by atoms with Crippen LogP contribution in [0.4, 0.5) is 10.1 Å². The molecule has 1 aromatic carbocycles. The number of benzene rings is 1. The van der Waals surface area contributed by atoms with Crippen molar-refractivity contribution in [2.45, 2.75) is 36.7 Å². The molecule has 3 N–H and O–H groups in total. The highest BCUT2D eigenvalue weighted by molar-refractivity contribution is 8.15. The van der Waals surface area contributed by atoms with Gasteiger partial charge in [-0.25, -0.2) is 14.4 Å². The zero-order chi connectivity index (χ0) is 23.8. The van der Waals surface area contributed by atoms with Gasteiger partial charge in [-0.2, -0.15) is 0 Å². The van der Waals surface area contributed by atoms with Crippen molar-refractivity contribution in [3.05, 3.63) is 47.7 Å². The van der Waals surface area contributed by atoms with Crippen molar-refractivity contribution in [1.29, 1.82) is 0 Å². The third-order valence-corrected chi connectivity index (χ3v) is 7.18. The number of carbonyl (C=O) groups excluding carboxylic acids is 1. The number of halogens is 1. The second-order valence-corrected chi connectivity index (χ2v) is 9.70. The molecule has 2 aromatic rings. The quantitative estimate of drug-likeness (QED) is 0.600. The van der Waals surface area contributed by atoms with E-state index < -0.39 is 23.4 Å². The van der Waals surface area contributed by atoms with Crippen LogP contribution in [-0.4, -0.2) is 45.6 Å². The van der Waals surface area contributed by atoms with Crippen molar-refractivity contribution in [2.24, 2.45) is 16.6 Å². The molecular weight excluding hydrogens is 445 g/mol. The molecule has 0 saturated heterocycles. The molecule has 1 amide bonds. The Morgan fingerprint density at radius 2 is 2.24 bits per heavy atom. The molecule has 0 radical (unpaired) electrons. The second kappa shape index (κ2) is 8.65. The van der Waals surface area contributed by atoms with Gasteiger partial charge in [-0.15, -0.1) is 6.42 Å². The van der Waals surface area contributed by atoms with Crippen LogP contribution in [0.15, 0.2) is 35.6 Å². The Kier molecular flexibility index (Phi) is 6.03. The molecule has 4 atom stereocenters. The minimum absolute atomic E-state index is 0.0616. The maximum Gasteiger partial charge on any atom is 0.275 e. The number of nitrogens with two attached hydrogens (primary N) is 1. The lowest BCUT2D eigenvalue weighted by Gasteiger charge is -2.34. The van der Waals surface area contributed by atoms with Gasteiger partial charge < -0.3 is 20.5 Å². The van der Waals surface area contributed by atoms with Crippen LogP contribution in [0.1, 0.15) is 36.3 Å². The maximum atomic E-state index is 15.0. The summed E-state index contributed by atoms with van der Waals surface area (Å²) in [4.78, 5) is 25.4. The summed E-state index contributed by atoms with van der Waals surface area (Å²) in [6.45, 7) is 4.07. The van der Waals surface area contributed by atoms with Gasteiger partial charge in [0, 0.05) is 24.3 Å². The summed E-state index contributed by atoms with van der Waals surface area (Å²) in [5, 5.41) is 3.13. The lowest BCUT2D eigenvalue weighted by atomic mass is 9.85. The molecule has 1 aliphatic heterocycles.